The molecule has 204 valence electrons. The van der Waals surface area contributed by atoms with Gasteiger partial charge in [0.15, 0.2) is 0 Å². The molecule has 3 aromatic rings. The average molecular weight is 558 g/mol. The summed E-state index contributed by atoms with van der Waals surface area (Å²) in [6.07, 6.45) is 2.29. The fourth-order valence-electron chi connectivity index (χ4n) is 5.20. The standard InChI is InChI=1S/C28H26ClF2N3O5/c1-15-7-9-33(18-8-10-39-14-18)28(37)25(15)34-13-20(23-21(30)11-19(38-2)12-22(23)31)24(27(34)36)32-26(35)16-3-5-17(29)6-4-16/h3-7,9,11-12,18,20,24H,8,10,13-14H2,1-2H3,(H,32,35)/t18?,20-,24-/m0/s1. The zero-order chi connectivity index (χ0) is 27.8. The molecule has 2 amide bonds. The van der Waals surface area contributed by atoms with E-state index < -0.39 is 41.0 Å². The summed E-state index contributed by atoms with van der Waals surface area (Å²) in [4.78, 5) is 41.8. The topological polar surface area (TPSA) is 89.9 Å². The van der Waals surface area contributed by atoms with Crippen molar-refractivity contribution in [2.24, 2.45) is 0 Å². The van der Waals surface area contributed by atoms with Crippen molar-refractivity contribution in [3.8, 4) is 5.75 Å². The number of rotatable bonds is 6. The molecule has 3 heterocycles. The number of carbonyl (C=O) groups is 2. The third-order valence-electron chi connectivity index (χ3n) is 7.23. The number of hydrogen-bond donors (Lipinski definition) is 1. The normalized spacial score (nSPS) is 20.9. The molecule has 0 saturated carbocycles. The number of pyridine rings is 1. The molecule has 1 aromatic heterocycles. The quantitative estimate of drug-likeness (QED) is 0.495. The van der Waals surface area contributed by atoms with E-state index in [0.717, 1.165) is 12.1 Å². The van der Waals surface area contributed by atoms with Gasteiger partial charge in [0, 0.05) is 53.5 Å². The molecule has 0 bridgehead atoms. The molecule has 2 aliphatic rings. The second kappa shape index (κ2) is 10.8. The number of methoxy groups -OCH3 is 1. The van der Waals surface area contributed by atoms with Crippen LogP contribution in [0.25, 0.3) is 0 Å². The molecular weight excluding hydrogens is 532 g/mol. The number of ether oxygens (including phenoxy) is 2. The highest BCUT2D eigenvalue weighted by molar-refractivity contribution is 6.30. The summed E-state index contributed by atoms with van der Waals surface area (Å²) < 4.78 is 42.4. The van der Waals surface area contributed by atoms with Crippen LogP contribution in [0.3, 0.4) is 0 Å². The Kier molecular flexibility index (Phi) is 7.42. The van der Waals surface area contributed by atoms with Crippen LogP contribution in [0, 0.1) is 18.6 Å². The molecule has 2 saturated heterocycles. The largest absolute Gasteiger partial charge is 0.497 e. The molecule has 2 aromatic carbocycles. The maximum Gasteiger partial charge on any atom is 0.275 e. The Labute approximate surface area is 228 Å². The van der Waals surface area contributed by atoms with E-state index in [-0.39, 0.29) is 35.2 Å². The van der Waals surface area contributed by atoms with E-state index in [0.29, 0.717) is 30.2 Å². The molecule has 39 heavy (non-hydrogen) atoms. The first kappa shape index (κ1) is 26.8. The van der Waals surface area contributed by atoms with Gasteiger partial charge in [-0.05, 0) is 49.2 Å². The fourth-order valence-corrected chi connectivity index (χ4v) is 5.33. The number of amides is 2. The van der Waals surface area contributed by atoms with Crippen LogP contribution in [0.5, 0.6) is 5.75 Å². The van der Waals surface area contributed by atoms with Gasteiger partial charge >= 0.3 is 0 Å². The predicted molar refractivity (Wildman–Crippen MR) is 141 cm³/mol. The van der Waals surface area contributed by atoms with Crippen molar-refractivity contribution in [3.05, 3.63) is 92.4 Å². The molecule has 0 spiro atoms. The summed E-state index contributed by atoms with van der Waals surface area (Å²) in [5.41, 5.74) is 0.0169. The lowest BCUT2D eigenvalue weighted by Crippen LogP contribution is -2.45. The molecule has 1 unspecified atom stereocenters. The molecular formula is C28H26ClF2N3O5. The number of benzene rings is 2. The van der Waals surface area contributed by atoms with Crippen molar-refractivity contribution in [1.82, 2.24) is 9.88 Å². The lowest BCUT2D eigenvalue weighted by molar-refractivity contribution is -0.118. The third kappa shape index (κ3) is 5.02. The SMILES string of the molecule is COc1cc(F)c([C@@H]2CN(c3c(C)ccn(C4CCOC4)c3=O)C(=O)[C@H]2NC(=O)c2ccc(Cl)cc2)c(F)c1. The molecule has 5 rings (SSSR count). The van der Waals surface area contributed by atoms with Gasteiger partial charge in [-0.25, -0.2) is 8.78 Å². The highest BCUT2D eigenvalue weighted by atomic mass is 35.5. The minimum atomic E-state index is -1.35. The molecule has 2 fully saturated rings. The summed E-state index contributed by atoms with van der Waals surface area (Å²) in [7, 11) is 1.28. The summed E-state index contributed by atoms with van der Waals surface area (Å²) in [5.74, 6) is -4.31. The Hall–Kier alpha value is -3.76. The van der Waals surface area contributed by atoms with E-state index >= 15 is 8.78 Å². The van der Waals surface area contributed by atoms with Gasteiger partial charge in [-0.2, -0.15) is 0 Å². The average Bonchev–Trinajstić information content (AvgIpc) is 3.54. The van der Waals surface area contributed by atoms with Gasteiger partial charge in [0.25, 0.3) is 11.5 Å². The van der Waals surface area contributed by atoms with Crippen LogP contribution in [-0.2, 0) is 9.53 Å². The van der Waals surface area contributed by atoms with Gasteiger partial charge in [-0.3, -0.25) is 14.4 Å². The summed E-state index contributed by atoms with van der Waals surface area (Å²) in [6.45, 7) is 2.33. The van der Waals surface area contributed by atoms with Crippen molar-refractivity contribution in [3.63, 3.8) is 0 Å². The summed E-state index contributed by atoms with van der Waals surface area (Å²) >= 11 is 5.92. The van der Waals surface area contributed by atoms with Crippen LogP contribution in [0.15, 0.2) is 53.5 Å². The number of hydrogen-bond acceptors (Lipinski definition) is 5. The van der Waals surface area contributed by atoms with Crippen LogP contribution in [-0.4, -0.2) is 49.3 Å². The smallest absolute Gasteiger partial charge is 0.275 e. The maximum atomic E-state index is 15.3. The van der Waals surface area contributed by atoms with Gasteiger partial charge in [0.2, 0.25) is 5.91 Å². The Bertz CT molecular complexity index is 1460. The van der Waals surface area contributed by atoms with Crippen LogP contribution >= 0.6 is 11.6 Å². The number of halogens is 3. The Morgan fingerprint density at radius 2 is 1.82 bits per heavy atom. The first-order valence-electron chi connectivity index (χ1n) is 12.4. The van der Waals surface area contributed by atoms with Gasteiger partial charge in [-0.1, -0.05) is 11.6 Å². The lowest BCUT2D eigenvalue weighted by atomic mass is 9.92. The molecule has 1 N–H and O–H groups in total. The highest BCUT2D eigenvalue weighted by Gasteiger charge is 2.46. The Morgan fingerprint density at radius 1 is 1.13 bits per heavy atom. The molecule has 3 atom stereocenters. The van der Waals surface area contributed by atoms with Crippen molar-refractivity contribution >= 4 is 29.1 Å². The lowest BCUT2D eigenvalue weighted by Gasteiger charge is -2.21. The monoisotopic (exact) mass is 557 g/mol. The molecule has 2 aliphatic heterocycles. The van der Waals surface area contributed by atoms with E-state index in [2.05, 4.69) is 5.32 Å². The maximum absolute atomic E-state index is 15.3. The molecule has 8 nitrogen and oxygen atoms in total. The number of anilines is 1. The Balaban J connectivity index is 1.58. The Morgan fingerprint density at radius 3 is 2.44 bits per heavy atom. The van der Waals surface area contributed by atoms with Crippen molar-refractivity contribution in [2.75, 3.05) is 31.8 Å². The molecule has 0 radical (unpaired) electrons. The van der Waals surface area contributed by atoms with Crippen LogP contribution in [0.4, 0.5) is 14.5 Å². The zero-order valence-corrected chi connectivity index (χ0v) is 22.0. The van der Waals surface area contributed by atoms with Crippen LogP contribution < -0.4 is 20.5 Å². The molecule has 11 heteroatoms. The second-order valence-corrected chi connectivity index (χ2v) is 10.0. The molecule has 0 aliphatic carbocycles. The first-order chi connectivity index (χ1) is 18.7. The van der Waals surface area contributed by atoms with E-state index in [1.54, 1.807) is 19.2 Å². The van der Waals surface area contributed by atoms with Gasteiger partial charge in [0.05, 0.1) is 19.8 Å². The van der Waals surface area contributed by atoms with Gasteiger partial charge in [-0.15, -0.1) is 0 Å². The van der Waals surface area contributed by atoms with E-state index in [9.17, 15) is 14.4 Å². The minimum absolute atomic E-state index is 0.0303. The minimum Gasteiger partial charge on any atom is -0.497 e. The first-order valence-corrected chi connectivity index (χ1v) is 12.8. The van der Waals surface area contributed by atoms with Crippen LogP contribution in [0.2, 0.25) is 5.02 Å². The van der Waals surface area contributed by atoms with Crippen molar-refractivity contribution in [1.29, 1.82) is 0 Å². The van der Waals surface area contributed by atoms with Gasteiger partial charge < -0.3 is 24.3 Å². The van der Waals surface area contributed by atoms with E-state index in [4.69, 9.17) is 21.1 Å². The number of carbonyl (C=O) groups excluding carboxylic acids is 2. The third-order valence-corrected chi connectivity index (χ3v) is 7.48. The summed E-state index contributed by atoms with van der Waals surface area (Å²) in [5, 5.41) is 3.05. The number of aromatic nitrogens is 1. The fraction of sp³-hybridized carbons (Fsp3) is 0.321. The second-order valence-electron chi connectivity index (χ2n) is 9.60. The number of nitrogens with one attached hydrogen (secondary N) is 1. The van der Waals surface area contributed by atoms with E-state index in [1.165, 1.54) is 40.8 Å². The highest BCUT2D eigenvalue weighted by Crippen LogP contribution is 2.37. The van der Waals surface area contributed by atoms with Crippen LogP contribution in [0.1, 0.15) is 39.9 Å². The van der Waals surface area contributed by atoms with E-state index in [1.807, 2.05) is 0 Å². The van der Waals surface area contributed by atoms with Crippen molar-refractivity contribution < 1.29 is 27.8 Å². The number of nitrogens with zero attached hydrogens (tertiary/aromatic N) is 2. The zero-order valence-electron chi connectivity index (χ0n) is 21.2. The van der Waals surface area contributed by atoms with Gasteiger partial charge in [0.1, 0.15) is 29.1 Å². The number of aryl methyl sites for hydroxylation is 1. The van der Waals surface area contributed by atoms with Crippen molar-refractivity contribution in [2.45, 2.75) is 31.3 Å². The predicted octanol–water partition coefficient (Wildman–Crippen LogP) is 3.99. The summed E-state index contributed by atoms with van der Waals surface area (Å²) in [6, 6.07) is 8.18.